The van der Waals surface area contributed by atoms with Crippen LogP contribution in [0.1, 0.15) is 18.5 Å². The molecule has 4 aromatic carbocycles. The molecule has 1 aliphatic heterocycles. The summed E-state index contributed by atoms with van der Waals surface area (Å²) in [6, 6.07) is 35.8. The Balaban J connectivity index is 1.64. The predicted molar refractivity (Wildman–Crippen MR) is 145 cm³/mol. The number of benzene rings is 4. The van der Waals surface area contributed by atoms with Gasteiger partial charge in [-0.25, -0.2) is 4.79 Å². The molecule has 1 N–H and O–H groups in total. The smallest absolute Gasteiger partial charge is 0.349 e. The fraction of sp³-hybridized carbons (Fsp3) is 0.138. The Hall–Kier alpha value is -3.24. The minimum absolute atomic E-state index is 0.277. The second-order valence-electron chi connectivity index (χ2n) is 8.27. The van der Waals surface area contributed by atoms with E-state index in [0.717, 1.165) is 27.3 Å². The minimum Gasteiger partial charge on any atom is -0.476 e. The Labute approximate surface area is 211 Å². The lowest BCUT2D eigenvalue weighted by Gasteiger charge is -2.30. The Morgan fingerprint density at radius 3 is 2.00 bits per heavy atom. The lowest BCUT2D eigenvalue weighted by molar-refractivity contribution is -0.151. The highest BCUT2D eigenvalue weighted by molar-refractivity contribution is 8.20. The zero-order valence-corrected chi connectivity index (χ0v) is 21.0. The Morgan fingerprint density at radius 1 is 0.857 bits per heavy atom. The molecule has 0 spiro atoms. The molecule has 0 saturated heterocycles. The van der Waals surface area contributed by atoms with Crippen molar-refractivity contribution in [3.63, 3.8) is 0 Å². The van der Waals surface area contributed by atoms with Crippen LogP contribution < -0.4 is 20.4 Å². The van der Waals surface area contributed by atoms with Crippen LogP contribution in [0.3, 0.4) is 0 Å². The Kier molecular flexibility index (Phi) is 6.83. The summed E-state index contributed by atoms with van der Waals surface area (Å²) in [5.74, 6) is 0.291. The van der Waals surface area contributed by atoms with Gasteiger partial charge in [-0.05, 0) is 12.5 Å². The summed E-state index contributed by atoms with van der Waals surface area (Å²) >= 11 is 6.42. The topological polar surface area (TPSA) is 47.6 Å². The van der Waals surface area contributed by atoms with E-state index in [4.69, 9.17) is 21.3 Å². The van der Waals surface area contributed by atoms with Crippen molar-refractivity contribution in [1.29, 1.82) is 0 Å². The van der Waals surface area contributed by atoms with Crippen LogP contribution in [0, 0.1) is 0 Å². The second kappa shape index (κ2) is 10.2. The molecule has 0 amide bonds. The van der Waals surface area contributed by atoms with E-state index in [-0.39, 0.29) is 6.61 Å². The minimum atomic E-state index is -2.52. The molecule has 5 rings (SSSR count). The first kappa shape index (κ1) is 23.5. The average Bonchev–Trinajstić information content (AvgIpc) is 3.28. The molecule has 0 aromatic heterocycles. The van der Waals surface area contributed by atoms with Crippen molar-refractivity contribution < 1.29 is 14.3 Å². The maximum Gasteiger partial charge on any atom is 0.349 e. The highest BCUT2D eigenvalue weighted by Crippen LogP contribution is 2.49. The monoisotopic (exact) mass is 499 g/mol. The van der Waals surface area contributed by atoms with Gasteiger partial charge in [0.05, 0.1) is 18.8 Å². The van der Waals surface area contributed by atoms with E-state index in [0.29, 0.717) is 5.75 Å². The number of hydrogen-bond donors (Lipinski definition) is 1. The summed E-state index contributed by atoms with van der Waals surface area (Å²) in [5, 5.41) is 5.80. The quantitative estimate of drug-likeness (QED) is 0.274. The summed E-state index contributed by atoms with van der Waals surface area (Å²) in [6.07, 6.45) is -3.36. The SMILES string of the molecule is CCOC(=O)[C@@H]1Oc2c(-c3ccccc3)cccc2[C@H]1NP(=S)(c1ccccc1)c1ccccc1. The van der Waals surface area contributed by atoms with Crippen LogP contribution in [0.2, 0.25) is 0 Å². The van der Waals surface area contributed by atoms with Crippen molar-refractivity contribution in [2.45, 2.75) is 19.1 Å². The molecule has 6 heteroatoms. The lowest BCUT2D eigenvalue weighted by Crippen LogP contribution is -2.40. The number of carbonyl (C=O) groups is 1. The summed E-state index contributed by atoms with van der Waals surface area (Å²) in [7, 11) is 0. The van der Waals surface area contributed by atoms with Crippen LogP contribution in [0.4, 0.5) is 0 Å². The standard InChI is InChI=1S/C29H26NO3PS/c1-2-32-29(31)28-26(25-20-12-19-24(27(25)33-28)21-13-6-3-7-14-21)30-34(35,22-15-8-4-9-16-22)23-17-10-5-11-18-23/h3-20,26,28H,2H2,1H3,(H,30,35)/t26-,28-/m1/s1. The van der Waals surface area contributed by atoms with Crippen LogP contribution >= 0.6 is 6.19 Å². The zero-order valence-electron chi connectivity index (χ0n) is 19.3. The fourth-order valence-electron chi connectivity index (χ4n) is 4.45. The van der Waals surface area contributed by atoms with Crippen LogP contribution in [-0.4, -0.2) is 18.7 Å². The molecule has 0 radical (unpaired) electrons. The number of para-hydroxylation sites is 1. The molecule has 35 heavy (non-hydrogen) atoms. The third-order valence-electron chi connectivity index (χ3n) is 6.09. The van der Waals surface area contributed by atoms with Gasteiger partial charge in [-0.3, -0.25) is 5.09 Å². The zero-order chi connectivity index (χ0) is 24.3. The normalized spacial score (nSPS) is 16.8. The van der Waals surface area contributed by atoms with E-state index in [1.807, 2.05) is 84.9 Å². The maximum absolute atomic E-state index is 13.1. The van der Waals surface area contributed by atoms with E-state index >= 15 is 0 Å². The molecule has 0 bridgehead atoms. The molecular formula is C29H26NO3PS. The van der Waals surface area contributed by atoms with Gasteiger partial charge in [-0.1, -0.05) is 121 Å². The summed E-state index contributed by atoms with van der Waals surface area (Å²) in [6.45, 7) is 2.08. The summed E-state index contributed by atoms with van der Waals surface area (Å²) in [4.78, 5) is 13.1. The number of hydrogen-bond acceptors (Lipinski definition) is 4. The molecule has 176 valence electrons. The summed E-state index contributed by atoms with van der Waals surface area (Å²) < 4.78 is 11.8. The van der Waals surface area contributed by atoms with Crippen molar-refractivity contribution in [1.82, 2.24) is 5.09 Å². The van der Waals surface area contributed by atoms with Crippen LogP contribution in [0.5, 0.6) is 5.75 Å². The van der Waals surface area contributed by atoms with Crippen molar-refractivity contribution in [3.05, 3.63) is 115 Å². The highest BCUT2D eigenvalue weighted by Gasteiger charge is 2.44. The van der Waals surface area contributed by atoms with Gasteiger partial charge in [-0.2, -0.15) is 0 Å². The van der Waals surface area contributed by atoms with E-state index < -0.39 is 24.3 Å². The second-order valence-corrected chi connectivity index (χ2v) is 12.4. The molecule has 0 aliphatic carbocycles. The number of carbonyl (C=O) groups excluding carboxylic acids is 1. The van der Waals surface area contributed by atoms with Gasteiger partial charge in [0.1, 0.15) is 5.75 Å². The van der Waals surface area contributed by atoms with E-state index in [1.165, 1.54) is 0 Å². The number of rotatable bonds is 7. The Bertz CT molecular complexity index is 1320. The average molecular weight is 500 g/mol. The molecule has 0 unspecified atom stereocenters. The first-order valence-corrected chi connectivity index (χ1v) is 14.4. The molecule has 1 heterocycles. The number of esters is 1. The molecular weight excluding hydrogens is 473 g/mol. The molecule has 0 saturated carbocycles. The molecule has 4 nitrogen and oxygen atoms in total. The van der Waals surface area contributed by atoms with Gasteiger partial charge in [0.2, 0.25) is 6.10 Å². The van der Waals surface area contributed by atoms with Crippen molar-refractivity contribution >= 4 is 34.6 Å². The maximum atomic E-state index is 13.1. The fourth-order valence-corrected chi connectivity index (χ4v) is 7.97. The number of fused-ring (bicyclic) bond motifs is 1. The molecule has 2 atom stereocenters. The van der Waals surface area contributed by atoms with Crippen molar-refractivity contribution in [2.75, 3.05) is 6.61 Å². The molecule has 4 aromatic rings. The third-order valence-corrected chi connectivity index (χ3v) is 10.4. The van der Waals surface area contributed by atoms with Crippen LogP contribution in [0.25, 0.3) is 11.1 Å². The van der Waals surface area contributed by atoms with Gasteiger partial charge >= 0.3 is 5.97 Å². The Morgan fingerprint density at radius 2 is 1.43 bits per heavy atom. The van der Waals surface area contributed by atoms with Gasteiger partial charge in [0.15, 0.2) is 0 Å². The number of ether oxygens (including phenoxy) is 2. The van der Waals surface area contributed by atoms with Crippen LogP contribution in [0.15, 0.2) is 109 Å². The first-order chi connectivity index (χ1) is 17.1. The lowest BCUT2D eigenvalue weighted by atomic mass is 9.98. The third kappa shape index (κ3) is 4.55. The van der Waals surface area contributed by atoms with Gasteiger partial charge in [0, 0.05) is 21.7 Å². The molecule has 1 aliphatic rings. The van der Waals surface area contributed by atoms with E-state index in [9.17, 15) is 4.79 Å². The van der Waals surface area contributed by atoms with Crippen molar-refractivity contribution in [3.8, 4) is 16.9 Å². The van der Waals surface area contributed by atoms with Gasteiger partial charge in [0.25, 0.3) is 0 Å². The largest absolute Gasteiger partial charge is 0.476 e. The van der Waals surface area contributed by atoms with E-state index in [2.05, 4.69) is 29.4 Å². The highest BCUT2D eigenvalue weighted by atomic mass is 32.4. The van der Waals surface area contributed by atoms with Crippen LogP contribution in [-0.2, 0) is 21.3 Å². The number of nitrogens with one attached hydrogen (secondary N) is 1. The molecule has 0 fully saturated rings. The van der Waals surface area contributed by atoms with Gasteiger partial charge < -0.3 is 9.47 Å². The first-order valence-electron chi connectivity index (χ1n) is 11.6. The van der Waals surface area contributed by atoms with Gasteiger partial charge in [-0.15, -0.1) is 0 Å². The van der Waals surface area contributed by atoms with Crippen molar-refractivity contribution in [2.24, 2.45) is 0 Å². The predicted octanol–water partition coefficient (Wildman–Crippen LogP) is 5.35. The summed E-state index contributed by atoms with van der Waals surface area (Å²) in [5.41, 5.74) is 2.87. The van der Waals surface area contributed by atoms with E-state index in [1.54, 1.807) is 6.92 Å².